The summed E-state index contributed by atoms with van der Waals surface area (Å²) < 4.78 is 0. The largest absolute Gasteiger partial charge is 0.103 e. The summed E-state index contributed by atoms with van der Waals surface area (Å²) in [5.74, 6) is 1.27. The molecule has 0 bridgehead atoms. The Kier molecular flexibility index (Phi) is 6.27. The van der Waals surface area contributed by atoms with Crippen LogP contribution in [0.5, 0.6) is 0 Å². The second-order valence-electron chi connectivity index (χ2n) is 4.08. The molecule has 0 nitrogen and oxygen atoms in total. The lowest BCUT2D eigenvalue weighted by molar-refractivity contribution is 0.502. The van der Waals surface area contributed by atoms with Gasteiger partial charge in [-0.2, -0.15) is 0 Å². The first-order valence-electron chi connectivity index (χ1n) is 5.44. The first-order valence-corrected chi connectivity index (χ1v) is 5.44. The van der Waals surface area contributed by atoms with Crippen molar-refractivity contribution in [2.45, 2.75) is 41.0 Å². The zero-order valence-corrected chi connectivity index (χ0v) is 10.3. The van der Waals surface area contributed by atoms with E-state index in [1.165, 1.54) is 11.1 Å². The first-order chi connectivity index (χ1) is 6.54. The summed E-state index contributed by atoms with van der Waals surface area (Å²) in [7, 11) is 0. The molecule has 0 N–H and O–H groups in total. The van der Waals surface area contributed by atoms with Crippen LogP contribution in [0.1, 0.15) is 41.0 Å². The van der Waals surface area contributed by atoms with E-state index in [-0.39, 0.29) is 0 Å². The smallest absolute Gasteiger partial charge is 0.0169 e. The topological polar surface area (TPSA) is 0 Å². The minimum Gasteiger partial charge on any atom is -0.103 e. The van der Waals surface area contributed by atoms with Gasteiger partial charge in [-0.1, -0.05) is 43.2 Å². The van der Waals surface area contributed by atoms with E-state index >= 15 is 0 Å². The van der Waals surface area contributed by atoms with Crippen molar-refractivity contribution in [3.8, 4) is 0 Å². The second kappa shape index (κ2) is 6.64. The Balaban J connectivity index is 4.45. The highest BCUT2D eigenvalue weighted by Gasteiger charge is 2.14. The standard InChI is InChI=1S/C14H24/c1-7-9-10-12(4)14(6)13(5)11(3)8-2/h7-8,10,13-14H,1,9H2,2-6H3. The van der Waals surface area contributed by atoms with Crippen LogP contribution in [-0.4, -0.2) is 0 Å². The van der Waals surface area contributed by atoms with Crippen molar-refractivity contribution in [2.24, 2.45) is 11.8 Å². The molecular weight excluding hydrogens is 168 g/mol. The average molecular weight is 192 g/mol. The van der Waals surface area contributed by atoms with Crippen LogP contribution in [0, 0.1) is 11.8 Å². The van der Waals surface area contributed by atoms with Crippen molar-refractivity contribution >= 4 is 0 Å². The van der Waals surface area contributed by atoms with Crippen molar-refractivity contribution in [1.82, 2.24) is 0 Å². The van der Waals surface area contributed by atoms with Gasteiger partial charge in [0, 0.05) is 0 Å². The molecule has 80 valence electrons. The predicted molar refractivity (Wildman–Crippen MR) is 66.3 cm³/mol. The molecule has 14 heavy (non-hydrogen) atoms. The van der Waals surface area contributed by atoms with Gasteiger partial charge in [-0.3, -0.25) is 0 Å². The maximum absolute atomic E-state index is 3.73. The van der Waals surface area contributed by atoms with E-state index in [4.69, 9.17) is 0 Å². The number of hydrogen-bond acceptors (Lipinski definition) is 0. The molecule has 0 radical (unpaired) electrons. The van der Waals surface area contributed by atoms with Crippen LogP contribution in [0.25, 0.3) is 0 Å². The molecule has 0 aromatic carbocycles. The molecule has 0 heteroatoms. The van der Waals surface area contributed by atoms with Crippen LogP contribution in [0.15, 0.2) is 36.0 Å². The van der Waals surface area contributed by atoms with E-state index in [9.17, 15) is 0 Å². The van der Waals surface area contributed by atoms with Crippen molar-refractivity contribution in [2.75, 3.05) is 0 Å². The number of rotatable bonds is 5. The molecule has 0 aromatic heterocycles. The molecule has 0 saturated heterocycles. The van der Waals surface area contributed by atoms with Gasteiger partial charge in [-0.25, -0.2) is 0 Å². The maximum atomic E-state index is 3.73. The Morgan fingerprint density at radius 2 is 1.64 bits per heavy atom. The molecule has 0 fully saturated rings. The van der Waals surface area contributed by atoms with Gasteiger partial charge in [0.1, 0.15) is 0 Å². The van der Waals surface area contributed by atoms with E-state index in [0.717, 1.165) is 6.42 Å². The molecule has 0 aliphatic rings. The lowest BCUT2D eigenvalue weighted by Gasteiger charge is -2.21. The quantitative estimate of drug-likeness (QED) is 0.551. The maximum Gasteiger partial charge on any atom is -0.0169 e. The van der Waals surface area contributed by atoms with Crippen LogP contribution in [0.3, 0.4) is 0 Å². The van der Waals surface area contributed by atoms with Crippen LogP contribution < -0.4 is 0 Å². The van der Waals surface area contributed by atoms with E-state index in [0.29, 0.717) is 11.8 Å². The highest BCUT2D eigenvalue weighted by Crippen LogP contribution is 2.26. The van der Waals surface area contributed by atoms with Crippen molar-refractivity contribution in [1.29, 1.82) is 0 Å². The first kappa shape index (κ1) is 13.2. The summed E-state index contributed by atoms with van der Waals surface area (Å²) in [6.07, 6.45) is 7.42. The summed E-state index contributed by atoms with van der Waals surface area (Å²) >= 11 is 0. The molecule has 0 aromatic rings. The highest BCUT2D eigenvalue weighted by atomic mass is 14.2. The molecular formula is C14H24. The molecule has 0 rings (SSSR count). The fourth-order valence-electron chi connectivity index (χ4n) is 1.51. The third kappa shape index (κ3) is 3.95. The van der Waals surface area contributed by atoms with Crippen LogP contribution in [0.2, 0.25) is 0 Å². The lowest BCUT2D eigenvalue weighted by Crippen LogP contribution is -2.10. The Labute approximate surface area is 89.4 Å². The third-order valence-corrected chi connectivity index (χ3v) is 3.25. The van der Waals surface area contributed by atoms with Gasteiger partial charge < -0.3 is 0 Å². The Morgan fingerprint density at radius 1 is 1.14 bits per heavy atom. The molecule has 2 atom stereocenters. The zero-order chi connectivity index (χ0) is 11.1. The Morgan fingerprint density at radius 3 is 2.07 bits per heavy atom. The molecule has 2 unspecified atom stereocenters. The zero-order valence-electron chi connectivity index (χ0n) is 10.3. The highest BCUT2D eigenvalue weighted by molar-refractivity contribution is 5.12. The molecule has 0 aliphatic carbocycles. The van der Waals surface area contributed by atoms with Gasteiger partial charge >= 0.3 is 0 Å². The van der Waals surface area contributed by atoms with Gasteiger partial charge in [0.05, 0.1) is 0 Å². The third-order valence-electron chi connectivity index (χ3n) is 3.25. The monoisotopic (exact) mass is 192 g/mol. The SMILES string of the molecule is C=CCC=C(C)C(C)C(C)C(C)=CC. The predicted octanol–water partition coefficient (Wildman–Crippen LogP) is 4.75. The normalized spacial score (nSPS) is 17.8. The summed E-state index contributed by atoms with van der Waals surface area (Å²) in [5.41, 5.74) is 2.95. The van der Waals surface area contributed by atoms with Crippen LogP contribution >= 0.6 is 0 Å². The molecule has 0 aliphatic heterocycles. The summed E-state index contributed by atoms with van der Waals surface area (Å²) in [6.45, 7) is 14.9. The van der Waals surface area contributed by atoms with Gasteiger partial charge in [-0.05, 0) is 39.0 Å². The van der Waals surface area contributed by atoms with Gasteiger partial charge in [0.25, 0.3) is 0 Å². The Bertz CT molecular complexity index is 230. The van der Waals surface area contributed by atoms with E-state index in [2.05, 4.69) is 53.3 Å². The summed E-state index contributed by atoms with van der Waals surface area (Å²) in [4.78, 5) is 0. The van der Waals surface area contributed by atoms with Gasteiger partial charge in [-0.15, -0.1) is 6.58 Å². The lowest BCUT2D eigenvalue weighted by atomic mass is 9.84. The van der Waals surface area contributed by atoms with Crippen molar-refractivity contribution in [3.05, 3.63) is 36.0 Å². The van der Waals surface area contributed by atoms with Crippen LogP contribution in [0.4, 0.5) is 0 Å². The van der Waals surface area contributed by atoms with Gasteiger partial charge in [0.15, 0.2) is 0 Å². The van der Waals surface area contributed by atoms with Crippen LogP contribution in [-0.2, 0) is 0 Å². The minimum absolute atomic E-state index is 0.631. The fourth-order valence-corrected chi connectivity index (χ4v) is 1.51. The fraction of sp³-hybridized carbons (Fsp3) is 0.571. The molecule has 0 amide bonds. The summed E-state index contributed by atoms with van der Waals surface area (Å²) in [6, 6.07) is 0. The van der Waals surface area contributed by atoms with E-state index in [1.54, 1.807) is 0 Å². The Hall–Kier alpha value is -0.780. The van der Waals surface area contributed by atoms with Crippen molar-refractivity contribution < 1.29 is 0 Å². The summed E-state index contributed by atoms with van der Waals surface area (Å²) in [5, 5.41) is 0. The number of allylic oxidation sites excluding steroid dienone is 5. The van der Waals surface area contributed by atoms with E-state index < -0.39 is 0 Å². The van der Waals surface area contributed by atoms with E-state index in [1.807, 2.05) is 6.08 Å². The average Bonchev–Trinajstić information content (AvgIpc) is 2.22. The van der Waals surface area contributed by atoms with Gasteiger partial charge in [0.2, 0.25) is 0 Å². The molecule has 0 spiro atoms. The number of hydrogen-bond donors (Lipinski definition) is 0. The minimum atomic E-state index is 0.631. The molecule has 0 saturated carbocycles. The van der Waals surface area contributed by atoms with Crippen molar-refractivity contribution in [3.63, 3.8) is 0 Å². The second-order valence-corrected chi connectivity index (χ2v) is 4.08. The molecule has 0 heterocycles.